The number of aryl methyl sites for hydroxylation is 1. The minimum Gasteiger partial charge on any atom is -0.378 e. The fourth-order valence-corrected chi connectivity index (χ4v) is 2.90. The lowest BCUT2D eigenvalue weighted by Gasteiger charge is -2.27. The lowest BCUT2D eigenvalue weighted by atomic mass is 10.2. The Morgan fingerprint density at radius 1 is 1.17 bits per heavy atom. The molecule has 0 bridgehead atoms. The molecule has 0 aromatic carbocycles. The van der Waals surface area contributed by atoms with E-state index in [9.17, 15) is 4.39 Å². The van der Waals surface area contributed by atoms with Crippen molar-refractivity contribution in [3.05, 3.63) is 41.6 Å². The number of rotatable bonds is 6. The number of H-pyrrole nitrogens is 1. The second-order valence-corrected chi connectivity index (χ2v) is 6.71. The third-order valence-electron chi connectivity index (χ3n) is 4.40. The van der Waals surface area contributed by atoms with Crippen molar-refractivity contribution in [1.82, 2.24) is 30.1 Å². The summed E-state index contributed by atoms with van der Waals surface area (Å²) in [5, 5.41) is 13.4. The first kappa shape index (κ1) is 19.0. The maximum absolute atomic E-state index is 13.1. The van der Waals surface area contributed by atoms with Crippen molar-refractivity contribution < 1.29 is 9.13 Å². The highest BCUT2D eigenvalue weighted by Gasteiger charge is 2.18. The highest BCUT2D eigenvalue weighted by molar-refractivity contribution is 5.52. The van der Waals surface area contributed by atoms with Crippen LogP contribution in [0.4, 0.5) is 28.1 Å². The Kier molecular flexibility index (Phi) is 5.47. The molecule has 0 radical (unpaired) electrons. The van der Waals surface area contributed by atoms with Crippen LogP contribution in [0.5, 0.6) is 0 Å². The van der Waals surface area contributed by atoms with Gasteiger partial charge in [0, 0.05) is 24.8 Å². The summed E-state index contributed by atoms with van der Waals surface area (Å²) in [6, 6.07) is 4.63. The molecule has 4 rings (SSSR count). The van der Waals surface area contributed by atoms with Crippen LogP contribution in [0, 0.1) is 12.7 Å². The van der Waals surface area contributed by atoms with Crippen molar-refractivity contribution in [2.24, 2.45) is 0 Å². The molecule has 0 aliphatic carbocycles. The van der Waals surface area contributed by atoms with Gasteiger partial charge in [0.1, 0.15) is 5.82 Å². The monoisotopic (exact) mass is 399 g/mol. The van der Waals surface area contributed by atoms with E-state index in [1.165, 1.54) is 12.3 Å². The molecule has 10 nitrogen and oxygen atoms in total. The molecule has 3 aromatic heterocycles. The number of morpholine rings is 1. The fraction of sp³-hybridized carbons (Fsp3) is 0.389. The Hall–Kier alpha value is -3.34. The third kappa shape index (κ3) is 4.74. The summed E-state index contributed by atoms with van der Waals surface area (Å²) >= 11 is 0. The van der Waals surface area contributed by atoms with Crippen molar-refractivity contribution in [2.45, 2.75) is 19.9 Å². The molecule has 1 fully saturated rings. The van der Waals surface area contributed by atoms with Crippen LogP contribution in [-0.4, -0.2) is 56.4 Å². The Morgan fingerprint density at radius 3 is 2.66 bits per heavy atom. The van der Waals surface area contributed by atoms with Crippen LogP contribution in [0.1, 0.15) is 24.4 Å². The van der Waals surface area contributed by atoms with E-state index in [1.807, 2.05) is 24.8 Å². The molecular weight excluding hydrogens is 377 g/mol. The predicted molar refractivity (Wildman–Crippen MR) is 106 cm³/mol. The van der Waals surface area contributed by atoms with E-state index in [0.29, 0.717) is 55.7 Å². The average molecular weight is 399 g/mol. The lowest BCUT2D eigenvalue weighted by Crippen LogP contribution is -2.37. The number of hydrogen-bond acceptors (Lipinski definition) is 9. The summed E-state index contributed by atoms with van der Waals surface area (Å²) in [5.41, 5.74) is 1.60. The number of anilines is 4. The largest absolute Gasteiger partial charge is 0.378 e. The molecule has 11 heteroatoms. The van der Waals surface area contributed by atoms with E-state index in [1.54, 1.807) is 6.07 Å². The van der Waals surface area contributed by atoms with Crippen molar-refractivity contribution in [3.8, 4) is 0 Å². The maximum Gasteiger partial charge on any atom is 0.235 e. The van der Waals surface area contributed by atoms with E-state index in [0.717, 1.165) is 5.69 Å². The SMILES string of the molecule is Cc1cc(Nc2nc(NC(C)c3ccc(F)cn3)nc(N3CCOCC3)n2)n[nH]1. The molecule has 0 saturated carbocycles. The van der Waals surface area contributed by atoms with Gasteiger partial charge in [0.25, 0.3) is 0 Å². The molecule has 29 heavy (non-hydrogen) atoms. The Morgan fingerprint density at radius 2 is 1.97 bits per heavy atom. The Labute approximate surface area is 167 Å². The van der Waals surface area contributed by atoms with Crippen molar-refractivity contribution in [3.63, 3.8) is 0 Å². The minimum absolute atomic E-state index is 0.226. The summed E-state index contributed by atoms with van der Waals surface area (Å²) in [7, 11) is 0. The summed E-state index contributed by atoms with van der Waals surface area (Å²) in [6.45, 7) is 6.44. The summed E-state index contributed by atoms with van der Waals surface area (Å²) in [6.07, 6.45) is 1.19. The molecule has 1 aliphatic rings. The van der Waals surface area contributed by atoms with E-state index in [2.05, 4.69) is 40.8 Å². The number of halogens is 1. The molecule has 0 spiro atoms. The number of aromatic amines is 1. The first-order valence-electron chi connectivity index (χ1n) is 9.32. The smallest absolute Gasteiger partial charge is 0.235 e. The van der Waals surface area contributed by atoms with Crippen LogP contribution in [-0.2, 0) is 4.74 Å². The topological polar surface area (TPSA) is 117 Å². The van der Waals surface area contributed by atoms with Crippen LogP contribution in [0.15, 0.2) is 24.4 Å². The van der Waals surface area contributed by atoms with Crippen molar-refractivity contribution in [1.29, 1.82) is 0 Å². The van der Waals surface area contributed by atoms with Gasteiger partial charge < -0.3 is 20.3 Å². The van der Waals surface area contributed by atoms with Gasteiger partial charge in [-0.25, -0.2) is 4.39 Å². The van der Waals surface area contributed by atoms with Gasteiger partial charge >= 0.3 is 0 Å². The summed E-state index contributed by atoms with van der Waals surface area (Å²) in [4.78, 5) is 19.7. The lowest BCUT2D eigenvalue weighted by molar-refractivity contribution is 0.122. The summed E-state index contributed by atoms with van der Waals surface area (Å²) < 4.78 is 18.6. The fourth-order valence-electron chi connectivity index (χ4n) is 2.90. The molecule has 1 saturated heterocycles. The number of nitrogens with zero attached hydrogens (tertiary/aromatic N) is 6. The highest BCUT2D eigenvalue weighted by Crippen LogP contribution is 2.21. The van der Waals surface area contributed by atoms with Gasteiger partial charge in [-0.2, -0.15) is 20.1 Å². The zero-order valence-electron chi connectivity index (χ0n) is 16.2. The van der Waals surface area contributed by atoms with Crippen LogP contribution >= 0.6 is 0 Å². The Balaban J connectivity index is 1.60. The molecule has 3 aromatic rings. The standard InChI is InChI=1S/C18H22FN9O/c1-11-9-15(27-26-11)22-17-23-16(21-12(2)14-4-3-13(19)10-20-14)24-18(25-17)28-5-7-29-8-6-28/h3-4,9-10,12H,5-8H2,1-2H3,(H3,21,22,23,24,25,26,27). The number of aromatic nitrogens is 6. The highest BCUT2D eigenvalue weighted by atomic mass is 19.1. The van der Waals surface area contributed by atoms with Gasteiger partial charge in [-0.05, 0) is 26.0 Å². The maximum atomic E-state index is 13.1. The van der Waals surface area contributed by atoms with Gasteiger partial charge in [-0.1, -0.05) is 0 Å². The van der Waals surface area contributed by atoms with Gasteiger partial charge in [0.2, 0.25) is 17.8 Å². The van der Waals surface area contributed by atoms with Gasteiger partial charge in [-0.15, -0.1) is 0 Å². The Bertz CT molecular complexity index is 956. The number of pyridine rings is 1. The van der Waals surface area contributed by atoms with Gasteiger partial charge in [-0.3, -0.25) is 10.1 Å². The van der Waals surface area contributed by atoms with E-state index in [-0.39, 0.29) is 11.9 Å². The van der Waals surface area contributed by atoms with Gasteiger partial charge in [0.15, 0.2) is 5.82 Å². The van der Waals surface area contributed by atoms with E-state index < -0.39 is 0 Å². The van der Waals surface area contributed by atoms with Crippen molar-refractivity contribution in [2.75, 3.05) is 41.8 Å². The first-order chi connectivity index (χ1) is 14.1. The zero-order chi connectivity index (χ0) is 20.2. The predicted octanol–water partition coefficient (Wildman–Crippen LogP) is 2.19. The second kappa shape index (κ2) is 8.35. The first-order valence-corrected chi connectivity index (χ1v) is 9.32. The molecule has 3 N–H and O–H groups in total. The third-order valence-corrected chi connectivity index (χ3v) is 4.40. The average Bonchev–Trinajstić information content (AvgIpc) is 3.13. The molecule has 1 aliphatic heterocycles. The normalized spacial score (nSPS) is 15.2. The van der Waals surface area contributed by atoms with Gasteiger partial charge in [0.05, 0.1) is 31.1 Å². The number of hydrogen-bond donors (Lipinski definition) is 3. The number of ether oxygens (including phenoxy) is 1. The quantitative estimate of drug-likeness (QED) is 0.573. The molecule has 4 heterocycles. The second-order valence-electron chi connectivity index (χ2n) is 6.71. The minimum atomic E-state index is -0.378. The van der Waals surface area contributed by atoms with Crippen LogP contribution < -0.4 is 15.5 Å². The zero-order valence-corrected chi connectivity index (χ0v) is 16.2. The molecule has 152 valence electrons. The van der Waals surface area contributed by atoms with Crippen LogP contribution in [0.3, 0.4) is 0 Å². The molecule has 0 amide bonds. The van der Waals surface area contributed by atoms with E-state index in [4.69, 9.17) is 4.74 Å². The molecular formula is C18H22FN9O. The van der Waals surface area contributed by atoms with Crippen molar-refractivity contribution >= 4 is 23.7 Å². The van der Waals surface area contributed by atoms with E-state index >= 15 is 0 Å². The summed E-state index contributed by atoms with van der Waals surface area (Å²) in [5.74, 6) is 1.53. The molecule has 1 unspecified atom stereocenters. The van der Waals surface area contributed by atoms with Crippen LogP contribution in [0.25, 0.3) is 0 Å². The molecule has 1 atom stereocenters. The number of nitrogens with one attached hydrogen (secondary N) is 3. The van der Waals surface area contributed by atoms with Crippen LogP contribution in [0.2, 0.25) is 0 Å².